The Labute approximate surface area is 220 Å². The van der Waals surface area contributed by atoms with Crippen LogP contribution in [0.3, 0.4) is 0 Å². The quantitative estimate of drug-likeness (QED) is 0.237. The van der Waals surface area contributed by atoms with Crippen molar-refractivity contribution < 1.29 is 30.4 Å². The zero-order valence-electron chi connectivity index (χ0n) is 21.6. The first-order chi connectivity index (χ1) is 15.4. The maximum Gasteiger partial charge on any atom is 2.00 e. The van der Waals surface area contributed by atoms with Gasteiger partial charge in [0.25, 0.3) is 7.12 Å². The monoisotopic (exact) mass is 649 g/mol. The number of hydrogen-bond donors (Lipinski definition) is 0. The zero-order chi connectivity index (χ0) is 25.9. The predicted molar refractivity (Wildman–Crippen MR) is 132 cm³/mol. The Balaban J connectivity index is 0. The molecule has 0 spiro atoms. The van der Waals surface area contributed by atoms with Gasteiger partial charge < -0.3 is 13.8 Å². The molecule has 0 saturated heterocycles. The van der Waals surface area contributed by atoms with Crippen LogP contribution in [0.2, 0.25) is 19.6 Å². The summed E-state index contributed by atoms with van der Waals surface area (Å²) in [6.45, 7) is 31.7. The summed E-state index contributed by atoms with van der Waals surface area (Å²) >= 11 is 0. The van der Waals surface area contributed by atoms with Crippen LogP contribution in [0.15, 0.2) is 18.2 Å². The normalized spacial score (nSPS) is 10.1. The Bertz CT molecular complexity index is 933. The van der Waals surface area contributed by atoms with Gasteiger partial charge >= 0.3 is 43.7 Å². The Morgan fingerprint density at radius 3 is 1.12 bits per heavy atom. The average molecular weight is 649 g/mol. The van der Waals surface area contributed by atoms with Crippen LogP contribution in [-0.2, 0) is 30.4 Å². The van der Waals surface area contributed by atoms with Crippen LogP contribution in [0.1, 0.15) is 34.2 Å². The van der Waals surface area contributed by atoms with Crippen LogP contribution in [-0.4, -0.2) is 44.3 Å². The van der Waals surface area contributed by atoms with Gasteiger partial charge in [0.05, 0.1) is 17.1 Å². The molecule has 0 fully saturated rings. The fraction of sp³-hybridized carbons (Fsp3) is 0.391. The van der Waals surface area contributed by atoms with Crippen molar-refractivity contribution in [3.05, 3.63) is 85.1 Å². The summed E-state index contributed by atoms with van der Waals surface area (Å²) in [6.07, 6.45) is 1.90. The Morgan fingerprint density at radius 1 is 0.735 bits per heavy atom. The molecule has 0 N–H and O–H groups in total. The van der Waals surface area contributed by atoms with E-state index in [1.165, 1.54) is 0 Å². The molecule has 8 nitrogen and oxygen atoms in total. The zero-order valence-corrected chi connectivity index (χ0v) is 25.5. The summed E-state index contributed by atoms with van der Waals surface area (Å²) in [5.41, 5.74) is 6.23. The molecule has 0 aliphatic carbocycles. The number of hydrogen-bond acceptors (Lipinski definition) is 3. The topological polar surface area (TPSA) is 93.3 Å². The van der Waals surface area contributed by atoms with Crippen molar-refractivity contribution in [1.82, 2.24) is 29.1 Å². The molecular weight excluding hydrogens is 615 g/mol. The van der Waals surface area contributed by atoms with E-state index in [4.69, 9.17) is 9.30 Å². The molecule has 3 heterocycles. The van der Waals surface area contributed by atoms with Crippen molar-refractivity contribution in [3.63, 3.8) is 0 Å². The standard InChI is InChI=1S/C15H21BN6.C6H13Si.2CO.W/c1-10-7-13(4)20(17-10)16(21-14(5)8-11(2)18-21)22-15(6)9-12(3)19-22;1-5-6-7(2,3)4;2*1-2;/h7-9H,1-6H3;5-6H,1H2,2-4H3;;;/q-1;;;;+2. The molecule has 11 heteroatoms. The molecule has 0 atom stereocenters. The second-order valence-corrected chi connectivity index (χ2v) is 13.8. The fourth-order valence-electron chi connectivity index (χ4n) is 3.30. The largest absolute Gasteiger partial charge is 2.00 e. The summed E-state index contributed by atoms with van der Waals surface area (Å²) in [5.74, 6) is 0. The molecule has 4 radical (unpaired) electrons. The van der Waals surface area contributed by atoms with Gasteiger partial charge in [0, 0.05) is 8.07 Å². The van der Waals surface area contributed by atoms with Crippen molar-refractivity contribution in [2.75, 3.05) is 0 Å². The van der Waals surface area contributed by atoms with Gasteiger partial charge in [0.1, 0.15) is 0 Å². The Morgan fingerprint density at radius 2 is 1.00 bits per heavy atom. The second kappa shape index (κ2) is 15.9. The van der Waals surface area contributed by atoms with E-state index in [0.717, 1.165) is 34.2 Å². The van der Waals surface area contributed by atoms with Crippen molar-refractivity contribution in [2.24, 2.45) is 0 Å². The molecule has 3 aromatic rings. The minimum atomic E-state index is -0.900. The first kappa shape index (κ1) is 34.2. The Hall–Kier alpha value is -1.92. The number of rotatable bonds is 5. The van der Waals surface area contributed by atoms with Crippen LogP contribution < -0.4 is 0 Å². The molecule has 0 saturated carbocycles. The minimum absolute atomic E-state index is 0. The van der Waals surface area contributed by atoms with Gasteiger partial charge in [-0.25, -0.2) is 15.3 Å². The number of aromatic nitrogens is 6. The Kier molecular flexibility index (Phi) is 16.0. The van der Waals surface area contributed by atoms with E-state index in [-0.39, 0.29) is 28.2 Å². The van der Waals surface area contributed by atoms with E-state index >= 15 is 0 Å². The molecular formula is C23H34BN6O2SiW+. The maximum atomic E-state index is 7.50. The molecule has 180 valence electrons. The smallest absolute Gasteiger partial charge is 0.0693 e. The van der Waals surface area contributed by atoms with Gasteiger partial charge in [-0.15, -0.1) is 0 Å². The third kappa shape index (κ3) is 10.1. The van der Waals surface area contributed by atoms with Crippen LogP contribution in [0.5, 0.6) is 0 Å². The third-order valence-electron chi connectivity index (χ3n) is 4.41. The van der Waals surface area contributed by atoms with E-state index in [1.54, 1.807) is 0 Å². The van der Waals surface area contributed by atoms with Gasteiger partial charge in [0.2, 0.25) is 0 Å². The summed E-state index contributed by atoms with van der Waals surface area (Å²) < 4.78 is 20.9. The summed E-state index contributed by atoms with van der Waals surface area (Å²) in [5, 5.41) is 14.0. The summed E-state index contributed by atoms with van der Waals surface area (Å²) in [6, 6.07) is 8.44. The SMILES string of the molecule is Cc1cc(C)n([B-](n2nc(C)cc2C)n2nc(C)cc2C)n1.[C-]#[O+].[C-]#[O+].[CH2][CH][CH][Si](C)(C)C.[W+2]. The first-order valence-corrected chi connectivity index (χ1v) is 14.0. The molecule has 0 unspecified atom stereocenters. The van der Waals surface area contributed by atoms with Gasteiger partial charge in [-0.1, -0.05) is 19.6 Å². The molecule has 0 amide bonds. The molecule has 3 aromatic heterocycles. The summed E-state index contributed by atoms with van der Waals surface area (Å²) in [4.78, 5) is 0. The third-order valence-corrected chi connectivity index (χ3v) is 5.64. The van der Waals surface area contributed by atoms with Crippen molar-refractivity contribution in [1.29, 1.82) is 0 Å². The number of nitrogens with zero attached hydrogens (tertiary/aromatic N) is 6. The van der Waals surface area contributed by atoms with Crippen molar-refractivity contribution >= 4 is 15.2 Å². The summed E-state index contributed by atoms with van der Waals surface area (Å²) in [7, 11) is -1.13. The van der Waals surface area contributed by atoms with Crippen molar-refractivity contribution in [2.45, 2.75) is 61.2 Å². The van der Waals surface area contributed by atoms with Gasteiger partial charge in [-0.05, 0) is 96.2 Å². The predicted octanol–water partition coefficient (Wildman–Crippen LogP) is 4.09. The number of aryl methyl sites for hydroxylation is 6. The van der Waals surface area contributed by atoms with Crippen LogP contribution in [0.4, 0.5) is 0 Å². The van der Waals surface area contributed by atoms with Gasteiger partial charge in [-0.2, -0.15) is 0 Å². The minimum Gasteiger partial charge on any atom is -0.0693 e. The molecule has 0 aliphatic heterocycles. The fourth-order valence-corrected chi connectivity index (χ4v) is 4.01. The first-order valence-electron chi connectivity index (χ1n) is 10.4. The van der Waals surface area contributed by atoms with Crippen LogP contribution in [0.25, 0.3) is 0 Å². The maximum absolute atomic E-state index is 7.50. The van der Waals surface area contributed by atoms with E-state index in [1.807, 2.05) is 41.0 Å². The van der Waals surface area contributed by atoms with Crippen LogP contribution >= 0.6 is 0 Å². The molecule has 34 heavy (non-hydrogen) atoms. The van der Waals surface area contributed by atoms with E-state index in [0.29, 0.717) is 0 Å². The van der Waals surface area contributed by atoms with E-state index in [2.05, 4.69) is 100 Å². The van der Waals surface area contributed by atoms with E-state index in [9.17, 15) is 0 Å². The molecule has 0 aliphatic rings. The van der Waals surface area contributed by atoms with Gasteiger partial charge in [0.15, 0.2) is 0 Å². The van der Waals surface area contributed by atoms with Gasteiger partial charge in [-0.3, -0.25) is 0 Å². The molecule has 0 bridgehead atoms. The molecule has 0 aromatic carbocycles. The second-order valence-electron chi connectivity index (χ2n) is 8.73. The van der Waals surface area contributed by atoms with E-state index < -0.39 is 8.07 Å². The molecule has 3 rings (SSSR count). The van der Waals surface area contributed by atoms with Crippen LogP contribution in [0, 0.1) is 74.2 Å². The van der Waals surface area contributed by atoms with Crippen molar-refractivity contribution in [3.8, 4) is 0 Å². The average Bonchev–Trinajstić information content (AvgIpc) is 3.35.